The highest BCUT2D eigenvalue weighted by Crippen LogP contribution is 2.27. The van der Waals surface area contributed by atoms with Crippen LogP contribution in [-0.4, -0.2) is 15.8 Å². The molecule has 1 aromatic carbocycles. The van der Waals surface area contributed by atoms with Crippen molar-refractivity contribution in [3.05, 3.63) is 61.8 Å². The first-order valence-corrected chi connectivity index (χ1v) is 6.51. The van der Waals surface area contributed by atoms with Gasteiger partial charge in [0, 0.05) is 23.5 Å². The molecule has 0 fully saturated rings. The van der Waals surface area contributed by atoms with E-state index in [0.29, 0.717) is 15.9 Å². The summed E-state index contributed by atoms with van der Waals surface area (Å²) in [4.78, 5) is 26.0. The number of benzene rings is 1. The topological polar surface area (TPSA) is 85.1 Å². The van der Waals surface area contributed by atoms with Crippen molar-refractivity contribution in [3.8, 4) is 0 Å². The molecule has 1 amide bonds. The number of carbonyl (C=O) groups is 1. The average Bonchev–Trinajstić information content (AvgIpc) is 2.40. The lowest BCUT2D eigenvalue weighted by Crippen LogP contribution is -2.12. The molecule has 1 aromatic heterocycles. The predicted molar refractivity (Wildman–Crippen MR) is 78.0 cm³/mol. The average molecular weight is 357 g/mol. The van der Waals surface area contributed by atoms with Crippen LogP contribution in [0.15, 0.2) is 41.1 Å². The lowest BCUT2D eigenvalue weighted by Gasteiger charge is -2.06. The highest BCUT2D eigenvalue weighted by molar-refractivity contribution is 9.10. The maximum Gasteiger partial charge on any atom is 0.289 e. The number of carbonyl (C=O) groups excluding carboxylic acids is 1. The number of nitrogens with zero attached hydrogens (tertiary/aromatic N) is 2. The van der Waals surface area contributed by atoms with Crippen molar-refractivity contribution in [1.82, 2.24) is 4.98 Å². The maximum atomic E-state index is 12.0. The molecule has 0 aliphatic carbocycles. The quantitative estimate of drug-likeness (QED) is 0.516. The van der Waals surface area contributed by atoms with Crippen LogP contribution in [0.5, 0.6) is 0 Å². The SMILES string of the molecule is O=C(Nc1ccc(Cl)c([N+](=O)[O-])c1)c1ccnc(Br)c1. The minimum absolute atomic E-state index is 0.0136. The molecule has 0 saturated carbocycles. The van der Waals surface area contributed by atoms with Crippen molar-refractivity contribution in [3.63, 3.8) is 0 Å². The summed E-state index contributed by atoms with van der Waals surface area (Å²) < 4.78 is 0.521. The van der Waals surface area contributed by atoms with Crippen molar-refractivity contribution in [2.24, 2.45) is 0 Å². The van der Waals surface area contributed by atoms with Crippen molar-refractivity contribution < 1.29 is 9.72 Å². The zero-order valence-corrected chi connectivity index (χ0v) is 12.2. The molecular weight excluding hydrogens is 350 g/mol. The number of rotatable bonds is 3. The predicted octanol–water partition coefficient (Wildman–Crippen LogP) is 3.66. The first-order valence-electron chi connectivity index (χ1n) is 5.34. The van der Waals surface area contributed by atoms with Crippen LogP contribution in [0.4, 0.5) is 11.4 Å². The Balaban J connectivity index is 2.24. The first-order chi connectivity index (χ1) is 9.47. The number of pyridine rings is 1. The molecule has 0 unspecified atom stereocenters. The van der Waals surface area contributed by atoms with Gasteiger partial charge in [-0.3, -0.25) is 14.9 Å². The zero-order valence-electron chi connectivity index (χ0n) is 9.84. The van der Waals surface area contributed by atoms with Gasteiger partial charge >= 0.3 is 0 Å². The molecule has 102 valence electrons. The molecule has 0 atom stereocenters. The molecule has 0 bridgehead atoms. The van der Waals surface area contributed by atoms with Crippen molar-refractivity contribution >= 4 is 44.8 Å². The standard InChI is InChI=1S/C12H7BrClN3O3/c13-11-5-7(3-4-15-11)12(18)16-8-1-2-9(14)10(6-8)17(19)20/h1-6H,(H,16,18). The van der Waals surface area contributed by atoms with Crippen LogP contribution in [0.2, 0.25) is 5.02 Å². The molecule has 0 radical (unpaired) electrons. The van der Waals surface area contributed by atoms with Crippen LogP contribution in [0.3, 0.4) is 0 Å². The molecule has 0 aliphatic rings. The van der Waals surface area contributed by atoms with Crippen LogP contribution in [0, 0.1) is 10.1 Å². The highest BCUT2D eigenvalue weighted by Gasteiger charge is 2.14. The van der Waals surface area contributed by atoms with Gasteiger partial charge in [-0.1, -0.05) is 11.6 Å². The molecule has 0 aliphatic heterocycles. The van der Waals surface area contributed by atoms with E-state index in [1.54, 1.807) is 6.07 Å². The van der Waals surface area contributed by atoms with Crippen molar-refractivity contribution in [2.75, 3.05) is 5.32 Å². The third-order valence-corrected chi connectivity index (χ3v) is 3.14. The minimum atomic E-state index is -0.610. The van der Waals surface area contributed by atoms with Gasteiger partial charge in [0.2, 0.25) is 0 Å². The van der Waals surface area contributed by atoms with E-state index in [9.17, 15) is 14.9 Å². The number of anilines is 1. The summed E-state index contributed by atoms with van der Waals surface area (Å²) in [5, 5.41) is 13.3. The van der Waals surface area contributed by atoms with E-state index in [1.807, 2.05) is 0 Å². The van der Waals surface area contributed by atoms with Gasteiger partial charge in [0.05, 0.1) is 4.92 Å². The Morgan fingerprint density at radius 1 is 1.35 bits per heavy atom. The molecule has 2 aromatic rings. The van der Waals surface area contributed by atoms with Crippen LogP contribution < -0.4 is 5.32 Å². The molecule has 20 heavy (non-hydrogen) atoms. The van der Waals surface area contributed by atoms with E-state index >= 15 is 0 Å². The van der Waals surface area contributed by atoms with Crippen LogP contribution in [-0.2, 0) is 0 Å². The summed E-state index contributed by atoms with van der Waals surface area (Å²) in [6.45, 7) is 0. The maximum absolute atomic E-state index is 12.0. The second-order valence-corrected chi connectivity index (χ2v) is 4.96. The smallest absolute Gasteiger partial charge is 0.289 e. The van der Waals surface area contributed by atoms with Gasteiger partial charge in [-0.15, -0.1) is 0 Å². The highest BCUT2D eigenvalue weighted by atomic mass is 79.9. The second kappa shape index (κ2) is 5.98. The normalized spacial score (nSPS) is 10.1. The van der Waals surface area contributed by atoms with Gasteiger partial charge < -0.3 is 5.32 Å². The Morgan fingerprint density at radius 2 is 2.10 bits per heavy atom. The monoisotopic (exact) mass is 355 g/mol. The third-order valence-electron chi connectivity index (χ3n) is 2.39. The van der Waals surface area contributed by atoms with E-state index in [1.165, 1.54) is 30.5 Å². The fourth-order valence-corrected chi connectivity index (χ4v) is 2.03. The second-order valence-electron chi connectivity index (χ2n) is 3.74. The van der Waals surface area contributed by atoms with Crippen molar-refractivity contribution in [2.45, 2.75) is 0 Å². The van der Waals surface area contributed by atoms with E-state index in [0.717, 1.165) is 0 Å². The number of aromatic nitrogens is 1. The molecule has 1 heterocycles. The Morgan fingerprint density at radius 3 is 2.75 bits per heavy atom. The molecular formula is C12H7BrClN3O3. The summed E-state index contributed by atoms with van der Waals surface area (Å²) in [5.74, 6) is -0.398. The van der Waals surface area contributed by atoms with Gasteiger partial charge in [-0.2, -0.15) is 0 Å². The number of amides is 1. The van der Waals surface area contributed by atoms with E-state index in [2.05, 4.69) is 26.2 Å². The number of nitro groups is 1. The number of halogens is 2. The Labute approximate surface area is 127 Å². The third kappa shape index (κ3) is 3.31. The van der Waals surface area contributed by atoms with E-state index in [-0.39, 0.29) is 10.7 Å². The molecule has 0 saturated heterocycles. The number of nitrogens with one attached hydrogen (secondary N) is 1. The van der Waals surface area contributed by atoms with Gasteiger partial charge in [0.25, 0.3) is 11.6 Å². The first kappa shape index (κ1) is 14.4. The Hall–Kier alpha value is -1.99. The summed E-state index contributed by atoms with van der Waals surface area (Å²) in [6.07, 6.45) is 1.48. The van der Waals surface area contributed by atoms with Gasteiger partial charge in [0.1, 0.15) is 9.63 Å². The summed E-state index contributed by atoms with van der Waals surface area (Å²) >= 11 is 8.85. The molecule has 1 N–H and O–H groups in total. The van der Waals surface area contributed by atoms with Crippen LogP contribution in [0.1, 0.15) is 10.4 Å². The van der Waals surface area contributed by atoms with E-state index in [4.69, 9.17) is 11.6 Å². The number of hydrogen-bond donors (Lipinski definition) is 1. The van der Waals surface area contributed by atoms with Crippen LogP contribution >= 0.6 is 27.5 Å². The lowest BCUT2D eigenvalue weighted by atomic mass is 10.2. The lowest BCUT2D eigenvalue weighted by molar-refractivity contribution is -0.384. The molecule has 2 rings (SSSR count). The van der Waals surface area contributed by atoms with Crippen LogP contribution in [0.25, 0.3) is 0 Å². The Bertz CT molecular complexity index is 693. The summed E-state index contributed by atoms with van der Waals surface area (Å²) in [5.41, 5.74) is 0.406. The number of hydrogen-bond acceptors (Lipinski definition) is 4. The van der Waals surface area contributed by atoms with E-state index < -0.39 is 10.8 Å². The number of nitro benzene ring substituents is 1. The fourth-order valence-electron chi connectivity index (χ4n) is 1.48. The summed E-state index contributed by atoms with van der Waals surface area (Å²) in [7, 11) is 0. The van der Waals surface area contributed by atoms with Gasteiger partial charge in [-0.25, -0.2) is 4.98 Å². The Kier molecular flexibility index (Phi) is 4.31. The van der Waals surface area contributed by atoms with Crippen molar-refractivity contribution in [1.29, 1.82) is 0 Å². The molecule has 0 spiro atoms. The molecule has 8 heteroatoms. The molecule has 6 nitrogen and oxygen atoms in total. The summed E-state index contributed by atoms with van der Waals surface area (Å²) in [6, 6.07) is 7.13. The van der Waals surface area contributed by atoms with Gasteiger partial charge in [0.15, 0.2) is 0 Å². The largest absolute Gasteiger partial charge is 0.322 e. The minimum Gasteiger partial charge on any atom is -0.322 e. The zero-order chi connectivity index (χ0) is 14.7. The fraction of sp³-hybridized carbons (Fsp3) is 0. The van der Waals surface area contributed by atoms with Gasteiger partial charge in [-0.05, 0) is 40.2 Å².